The van der Waals surface area contributed by atoms with Crippen LogP contribution in [0.25, 0.3) is 10.9 Å². The molecule has 0 fully saturated rings. The van der Waals surface area contributed by atoms with Gasteiger partial charge in [0, 0.05) is 35.5 Å². The molecule has 3 nitrogen and oxygen atoms in total. The zero-order valence-corrected chi connectivity index (χ0v) is 10.5. The van der Waals surface area contributed by atoms with Crippen LogP contribution in [0.5, 0.6) is 0 Å². The highest BCUT2D eigenvalue weighted by Gasteiger charge is 2.11. The van der Waals surface area contributed by atoms with Gasteiger partial charge < -0.3 is 9.78 Å². The van der Waals surface area contributed by atoms with Gasteiger partial charge in [-0.05, 0) is 25.8 Å². The number of nitrogens with one attached hydrogen (secondary N) is 1. The molecular formula is C15H17NO2. The van der Waals surface area contributed by atoms with Crippen molar-refractivity contribution in [3.63, 3.8) is 0 Å². The second-order valence-corrected chi connectivity index (χ2v) is 4.58. The van der Waals surface area contributed by atoms with Crippen LogP contribution in [-0.4, -0.2) is 16.6 Å². The smallest absolute Gasteiger partial charge is 0.165 e. The lowest BCUT2D eigenvalue weighted by Gasteiger charge is -1.99. The molecule has 0 amide bonds. The molecule has 0 saturated heterocycles. The molecule has 0 aliphatic rings. The third kappa shape index (κ3) is 2.86. The molecule has 0 aliphatic heterocycles. The van der Waals surface area contributed by atoms with Crippen molar-refractivity contribution >= 4 is 22.5 Å². The maximum Gasteiger partial charge on any atom is 0.165 e. The van der Waals surface area contributed by atoms with E-state index >= 15 is 0 Å². The zero-order chi connectivity index (χ0) is 13.0. The van der Waals surface area contributed by atoms with E-state index in [4.69, 9.17) is 0 Å². The normalized spacial score (nSPS) is 10.7. The lowest BCUT2D eigenvalue weighted by molar-refractivity contribution is -0.117. The van der Waals surface area contributed by atoms with Crippen molar-refractivity contribution in [2.45, 2.75) is 32.6 Å². The van der Waals surface area contributed by atoms with Crippen LogP contribution in [0.2, 0.25) is 0 Å². The SMILES string of the molecule is CC(=O)CCCCC(=O)c1c[nH]c2ccccc12. The van der Waals surface area contributed by atoms with E-state index in [1.807, 2.05) is 24.3 Å². The molecule has 2 rings (SSSR count). The van der Waals surface area contributed by atoms with Gasteiger partial charge in [0.1, 0.15) is 5.78 Å². The van der Waals surface area contributed by atoms with Crippen LogP contribution in [0.4, 0.5) is 0 Å². The molecule has 0 spiro atoms. The van der Waals surface area contributed by atoms with Crippen molar-refractivity contribution in [3.05, 3.63) is 36.0 Å². The summed E-state index contributed by atoms with van der Waals surface area (Å²) in [5, 5.41) is 0.981. The molecule has 0 aliphatic carbocycles. The Bertz CT molecular complexity index is 569. The van der Waals surface area contributed by atoms with Gasteiger partial charge in [-0.2, -0.15) is 0 Å². The van der Waals surface area contributed by atoms with E-state index in [0.29, 0.717) is 12.8 Å². The Morgan fingerprint density at radius 1 is 1.11 bits per heavy atom. The molecule has 0 radical (unpaired) electrons. The summed E-state index contributed by atoms with van der Waals surface area (Å²) < 4.78 is 0. The molecule has 94 valence electrons. The molecule has 0 saturated carbocycles. The van der Waals surface area contributed by atoms with Crippen LogP contribution < -0.4 is 0 Å². The summed E-state index contributed by atoms with van der Waals surface area (Å²) in [6.45, 7) is 1.58. The van der Waals surface area contributed by atoms with Gasteiger partial charge in [-0.15, -0.1) is 0 Å². The second kappa shape index (κ2) is 5.63. The van der Waals surface area contributed by atoms with Crippen LogP contribution in [-0.2, 0) is 4.79 Å². The average Bonchev–Trinajstić information content (AvgIpc) is 2.78. The van der Waals surface area contributed by atoms with E-state index in [1.165, 1.54) is 0 Å². The monoisotopic (exact) mass is 243 g/mol. The van der Waals surface area contributed by atoms with Gasteiger partial charge in [0.25, 0.3) is 0 Å². The fourth-order valence-corrected chi connectivity index (χ4v) is 2.10. The van der Waals surface area contributed by atoms with Gasteiger partial charge in [-0.25, -0.2) is 0 Å². The first-order valence-electron chi connectivity index (χ1n) is 6.27. The Kier molecular flexibility index (Phi) is 3.92. The van der Waals surface area contributed by atoms with E-state index in [9.17, 15) is 9.59 Å². The molecule has 2 aromatic rings. The van der Waals surface area contributed by atoms with Gasteiger partial charge in [-0.3, -0.25) is 4.79 Å². The summed E-state index contributed by atoms with van der Waals surface area (Å²) in [4.78, 5) is 26.0. The van der Waals surface area contributed by atoms with Gasteiger partial charge >= 0.3 is 0 Å². The lowest BCUT2D eigenvalue weighted by Crippen LogP contribution is -1.98. The molecule has 3 heteroatoms. The van der Waals surface area contributed by atoms with E-state index in [0.717, 1.165) is 29.3 Å². The molecule has 1 N–H and O–H groups in total. The second-order valence-electron chi connectivity index (χ2n) is 4.58. The summed E-state index contributed by atoms with van der Waals surface area (Å²) in [6, 6.07) is 7.79. The lowest BCUT2D eigenvalue weighted by atomic mass is 10.0. The van der Waals surface area contributed by atoms with E-state index < -0.39 is 0 Å². The molecule has 0 unspecified atom stereocenters. The van der Waals surface area contributed by atoms with Crippen molar-refractivity contribution in [2.75, 3.05) is 0 Å². The summed E-state index contributed by atoms with van der Waals surface area (Å²) >= 11 is 0. The van der Waals surface area contributed by atoms with E-state index in [1.54, 1.807) is 13.1 Å². The van der Waals surface area contributed by atoms with Crippen molar-refractivity contribution < 1.29 is 9.59 Å². The highest BCUT2D eigenvalue weighted by molar-refractivity contribution is 6.07. The number of Topliss-reactive ketones (excluding diaryl/α,β-unsaturated/α-hetero) is 2. The van der Waals surface area contributed by atoms with Crippen LogP contribution in [0.1, 0.15) is 43.0 Å². The maximum atomic E-state index is 12.1. The maximum absolute atomic E-state index is 12.1. The highest BCUT2D eigenvalue weighted by atomic mass is 16.1. The topological polar surface area (TPSA) is 49.9 Å². The predicted molar refractivity (Wildman–Crippen MR) is 71.8 cm³/mol. The van der Waals surface area contributed by atoms with Crippen LogP contribution in [0.15, 0.2) is 30.5 Å². The number of hydrogen-bond donors (Lipinski definition) is 1. The quantitative estimate of drug-likeness (QED) is 0.623. The zero-order valence-electron chi connectivity index (χ0n) is 10.5. The first-order valence-corrected chi connectivity index (χ1v) is 6.27. The van der Waals surface area contributed by atoms with E-state index in [-0.39, 0.29) is 11.6 Å². The molecule has 1 heterocycles. The number of fused-ring (bicyclic) bond motifs is 1. The number of hydrogen-bond acceptors (Lipinski definition) is 2. The summed E-state index contributed by atoms with van der Waals surface area (Å²) in [6.07, 6.45) is 4.43. The van der Waals surface area contributed by atoms with Gasteiger partial charge in [0.15, 0.2) is 5.78 Å². The number of unbranched alkanes of at least 4 members (excludes halogenated alkanes) is 1. The Balaban J connectivity index is 1.99. The minimum atomic E-state index is 0.149. The van der Waals surface area contributed by atoms with Crippen molar-refractivity contribution in [3.8, 4) is 0 Å². The summed E-state index contributed by atoms with van der Waals surface area (Å²) in [7, 11) is 0. The molecule has 0 bridgehead atoms. The van der Waals surface area contributed by atoms with Gasteiger partial charge in [-0.1, -0.05) is 18.2 Å². The first-order chi connectivity index (χ1) is 8.68. The third-order valence-corrected chi connectivity index (χ3v) is 3.07. The number of benzene rings is 1. The summed E-state index contributed by atoms with van der Waals surface area (Å²) in [5.41, 5.74) is 1.75. The molecule has 1 aromatic carbocycles. The van der Waals surface area contributed by atoms with Crippen molar-refractivity contribution in [2.24, 2.45) is 0 Å². The number of H-pyrrole nitrogens is 1. The fraction of sp³-hybridized carbons (Fsp3) is 0.333. The number of para-hydroxylation sites is 1. The largest absolute Gasteiger partial charge is 0.360 e. The molecular weight excluding hydrogens is 226 g/mol. The molecule has 0 atom stereocenters. The van der Waals surface area contributed by atoms with Crippen LogP contribution in [0, 0.1) is 0 Å². The standard InChI is InChI=1S/C15H17NO2/c1-11(17)6-2-5-9-15(18)13-10-16-14-8-4-3-7-12(13)14/h3-4,7-8,10,16H,2,5-6,9H2,1H3. The summed E-state index contributed by atoms with van der Waals surface area (Å²) in [5.74, 6) is 0.338. The minimum Gasteiger partial charge on any atom is -0.360 e. The van der Waals surface area contributed by atoms with Crippen molar-refractivity contribution in [1.82, 2.24) is 4.98 Å². The molecule has 18 heavy (non-hydrogen) atoms. The Morgan fingerprint density at radius 2 is 1.83 bits per heavy atom. The number of ketones is 2. The molecule has 1 aromatic heterocycles. The van der Waals surface area contributed by atoms with E-state index in [2.05, 4.69) is 4.98 Å². The Hall–Kier alpha value is -1.90. The third-order valence-electron chi connectivity index (χ3n) is 3.07. The average molecular weight is 243 g/mol. The number of carbonyl (C=O) groups excluding carboxylic acids is 2. The fourth-order valence-electron chi connectivity index (χ4n) is 2.10. The first kappa shape index (κ1) is 12.6. The Morgan fingerprint density at radius 3 is 2.61 bits per heavy atom. The Labute approximate surface area is 106 Å². The highest BCUT2D eigenvalue weighted by Crippen LogP contribution is 2.20. The predicted octanol–water partition coefficient (Wildman–Crippen LogP) is 3.50. The number of rotatable bonds is 6. The minimum absolute atomic E-state index is 0.149. The van der Waals surface area contributed by atoms with Crippen LogP contribution >= 0.6 is 0 Å². The number of aromatic amines is 1. The van der Waals surface area contributed by atoms with Crippen LogP contribution in [0.3, 0.4) is 0 Å². The van der Waals surface area contributed by atoms with Crippen molar-refractivity contribution in [1.29, 1.82) is 0 Å². The number of aromatic nitrogens is 1. The number of carbonyl (C=O) groups is 2. The van der Waals surface area contributed by atoms with Gasteiger partial charge in [0.2, 0.25) is 0 Å². The van der Waals surface area contributed by atoms with Gasteiger partial charge in [0.05, 0.1) is 0 Å².